The van der Waals surface area contributed by atoms with Crippen LogP contribution >= 0.6 is 0 Å². The number of ether oxygens (including phenoxy) is 2. The van der Waals surface area contributed by atoms with Gasteiger partial charge >= 0.3 is 0 Å². The number of nitrogens with zero attached hydrogens (tertiary/aromatic N) is 2. The molecule has 0 radical (unpaired) electrons. The van der Waals surface area contributed by atoms with E-state index in [9.17, 15) is 4.79 Å². The number of carbonyl (C=O) groups is 1. The molecule has 0 saturated carbocycles. The molecule has 0 unspecified atom stereocenters. The van der Waals surface area contributed by atoms with Crippen LogP contribution in [0.5, 0.6) is 11.5 Å². The Bertz CT molecular complexity index is 1280. The topological polar surface area (TPSA) is 85.4 Å². The van der Waals surface area contributed by atoms with Crippen LogP contribution < -0.4 is 20.1 Å². The van der Waals surface area contributed by atoms with Crippen LogP contribution in [0.25, 0.3) is 11.3 Å². The summed E-state index contributed by atoms with van der Waals surface area (Å²) in [7, 11) is 3.12. The van der Waals surface area contributed by atoms with E-state index in [1.54, 1.807) is 44.6 Å². The molecule has 0 atom stereocenters. The van der Waals surface area contributed by atoms with Crippen LogP contribution in [-0.4, -0.2) is 30.1 Å². The summed E-state index contributed by atoms with van der Waals surface area (Å²) >= 11 is 0. The molecule has 0 spiro atoms. The number of nitrogens with one attached hydrogen (secondary N) is 2. The first-order chi connectivity index (χ1) is 16.1. The lowest BCUT2D eigenvalue weighted by molar-refractivity contribution is 0.102. The highest BCUT2D eigenvalue weighted by molar-refractivity contribution is 6.05. The zero-order valence-electron chi connectivity index (χ0n) is 18.6. The summed E-state index contributed by atoms with van der Waals surface area (Å²) in [5, 5.41) is 6.16. The van der Waals surface area contributed by atoms with Gasteiger partial charge in [-0.2, -0.15) is 0 Å². The Morgan fingerprint density at radius 3 is 2.42 bits per heavy atom. The predicted octanol–water partition coefficient (Wildman–Crippen LogP) is 5.47. The fourth-order valence-corrected chi connectivity index (χ4v) is 3.38. The SMILES string of the molecule is COc1ccc(OC)c(NC(=O)c2cccc(Nc3cc(-c4ccccc4)nc(C)n3)c2)c1. The van der Waals surface area contributed by atoms with Crippen molar-refractivity contribution in [3.05, 3.63) is 90.3 Å². The Morgan fingerprint density at radius 2 is 1.67 bits per heavy atom. The molecule has 1 amide bonds. The van der Waals surface area contributed by atoms with Crippen LogP contribution in [0, 0.1) is 6.92 Å². The van der Waals surface area contributed by atoms with Gasteiger partial charge in [0.1, 0.15) is 23.1 Å². The molecule has 0 bridgehead atoms. The van der Waals surface area contributed by atoms with Gasteiger partial charge in [-0.05, 0) is 37.3 Å². The van der Waals surface area contributed by atoms with Crippen molar-refractivity contribution in [2.45, 2.75) is 6.92 Å². The number of aryl methyl sites for hydroxylation is 1. The van der Waals surface area contributed by atoms with E-state index in [0.717, 1.165) is 16.9 Å². The van der Waals surface area contributed by atoms with E-state index < -0.39 is 0 Å². The molecule has 0 aliphatic carbocycles. The lowest BCUT2D eigenvalue weighted by Crippen LogP contribution is -2.13. The van der Waals surface area contributed by atoms with Crippen molar-refractivity contribution >= 4 is 23.1 Å². The van der Waals surface area contributed by atoms with Gasteiger partial charge in [0.2, 0.25) is 0 Å². The third-order valence-electron chi connectivity index (χ3n) is 4.96. The number of anilines is 3. The lowest BCUT2D eigenvalue weighted by atomic mass is 10.1. The van der Waals surface area contributed by atoms with Gasteiger partial charge in [0, 0.05) is 28.9 Å². The number of hydrogen-bond donors (Lipinski definition) is 2. The summed E-state index contributed by atoms with van der Waals surface area (Å²) in [4.78, 5) is 21.9. The Morgan fingerprint density at radius 1 is 0.848 bits per heavy atom. The maximum absolute atomic E-state index is 12.9. The number of hydrogen-bond acceptors (Lipinski definition) is 6. The number of rotatable bonds is 7. The van der Waals surface area contributed by atoms with Gasteiger partial charge in [0.15, 0.2) is 0 Å². The molecule has 3 aromatic carbocycles. The van der Waals surface area contributed by atoms with E-state index in [2.05, 4.69) is 20.6 Å². The average Bonchev–Trinajstić information content (AvgIpc) is 2.84. The Labute approximate surface area is 192 Å². The molecule has 1 aromatic heterocycles. The first-order valence-corrected chi connectivity index (χ1v) is 10.4. The van der Waals surface area contributed by atoms with E-state index in [-0.39, 0.29) is 5.91 Å². The Kier molecular flexibility index (Phi) is 6.50. The molecule has 2 N–H and O–H groups in total. The minimum atomic E-state index is -0.269. The quantitative estimate of drug-likeness (QED) is 0.397. The average molecular weight is 441 g/mol. The van der Waals surface area contributed by atoms with Crippen molar-refractivity contribution in [1.29, 1.82) is 0 Å². The normalized spacial score (nSPS) is 10.4. The molecule has 33 heavy (non-hydrogen) atoms. The third kappa shape index (κ3) is 5.27. The van der Waals surface area contributed by atoms with E-state index in [1.165, 1.54) is 0 Å². The molecule has 4 rings (SSSR count). The van der Waals surface area contributed by atoms with Crippen LogP contribution in [0.15, 0.2) is 78.9 Å². The maximum atomic E-state index is 12.9. The van der Waals surface area contributed by atoms with E-state index in [0.29, 0.717) is 34.4 Å². The zero-order valence-corrected chi connectivity index (χ0v) is 18.6. The van der Waals surface area contributed by atoms with Gasteiger partial charge in [-0.25, -0.2) is 9.97 Å². The first-order valence-electron chi connectivity index (χ1n) is 10.4. The summed E-state index contributed by atoms with van der Waals surface area (Å²) in [6, 6.07) is 24.2. The van der Waals surface area contributed by atoms with Gasteiger partial charge in [-0.3, -0.25) is 4.79 Å². The van der Waals surface area contributed by atoms with Gasteiger partial charge < -0.3 is 20.1 Å². The van der Waals surface area contributed by atoms with Crippen LogP contribution in [0.4, 0.5) is 17.2 Å². The monoisotopic (exact) mass is 440 g/mol. The van der Waals surface area contributed by atoms with E-state index in [1.807, 2.05) is 55.5 Å². The molecular weight excluding hydrogens is 416 g/mol. The van der Waals surface area contributed by atoms with Crippen molar-refractivity contribution in [2.24, 2.45) is 0 Å². The molecule has 0 aliphatic rings. The van der Waals surface area contributed by atoms with Crippen molar-refractivity contribution in [3.63, 3.8) is 0 Å². The standard InChI is InChI=1S/C26H24N4O3/c1-17-27-22(18-8-5-4-6-9-18)16-25(28-17)29-20-11-7-10-19(14-20)26(31)30-23-15-21(32-2)12-13-24(23)33-3/h4-16H,1-3H3,(H,30,31)(H,27,28,29). The van der Waals surface area contributed by atoms with Crippen molar-refractivity contribution in [2.75, 3.05) is 24.9 Å². The van der Waals surface area contributed by atoms with Crippen molar-refractivity contribution < 1.29 is 14.3 Å². The molecule has 0 fully saturated rings. The molecule has 0 aliphatic heterocycles. The number of amides is 1. The second-order valence-corrected chi connectivity index (χ2v) is 7.28. The second-order valence-electron chi connectivity index (χ2n) is 7.28. The summed E-state index contributed by atoms with van der Waals surface area (Å²) in [5.41, 5.74) is 3.58. The number of benzene rings is 3. The smallest absolute Gasteiger partial charge is 0.255 e. The Balaban J connectivity index is 1.56. The predicted molar refractivity (Wildman–Crippen MR) is 129 cm³/mol. The van der Waals surface area contributed by atoms with Crippen LogP contribution in [-0.2, 0) is 0 Å². The first kappa shape index (κ1) is 21.8. The molecule has 166 valence electrons. The van der Waals surface area contributed by atoms with Gasteiger partial charge in [-0.15, -0.1) is 0 Å². The van der Waals surface area contributed by atoms with E-state index in [4.69, 9.17) is 9.47 Å². The van der Waals surface area contributed by atoms with E-state index >= 15 is 0 Å². The maximum Gasteiger partial charge on any atom is 0.255 e. The molecule has 4 aromatic rings. The molecule has 7 nitrogen and oxygen atoms in total. The molecule has 1 heterocycles. The minimum absolute atomic E-state index is 0.269. The van der Waals surface area contributed by atoms with Gasteiger partial charge in [0.05, 0.1) is 25.6 Å². The number of aromatic nitrogens is 2. The van der Waals surface area contributed by atoms with Gasteiger partial charge in [-0.1, -0.05) is 36.4 Å². The number of carbonyl (C=O) groups excluding carboxylic acids is 1. The summed E-state index contributed by atoms with van der Waals surface area (Å²) in [6.07, 6.45) is 0. The highest BCUT2D eigenvalue weighted by Gasteiger charge is 2.12. The fraction of sp³-hybridized carbons (Fsp3) is 0.115. The second kappa shape index (κ2) is 9.82. The fourth-order valence-electron chi connectivity index (χ4n) is 3.38. The Hall–Kier alpha value is -4.39. The molecule has 7 heteroatoms. The van der Waals surface area contributed by atoms with Gasteiger partial charge in [0.25, 0.3) is 5.91 Å². The lowest BCUT2D eigenvalue weighted by Gasteiger charge is -2.13. The highest BCUT2D eigenvalue weighted by atomic mass is 16.5. The van der Waals surface area contributed by atoms with Crippen molar-refractivity contribution in [3.8, 4) is 22.8 Å². The molecular formula is C26H24N4O3. The van der Waals surface area contributed by atoms with Crippen LogP contribution in [0.3, 0.4) is 0 Å². The summed E-state index contributed by atoms with van der Waals surface area (Å²) < 4.78 is 10.6. The summed E-state index contributed by atoms with van der Waals surface area (Å²) in [6.45, 7) is 1.85. The minimum Gasteiger partial charge on any atom is -0.497 e. The largest absolute Gasteiger partial charge is 0.497 e. The number of methoxy groups -OCH3 is 2. The zero-order chi connectivity index (χ0) is 23.2. The summed E-state index contributed by atoms with van der Waals surface area (Å²) in [5.74, 6) is 2.19. The van der Waals surface area contributed by atoms with Crippen molar-refractivity contribution in [1.82, 2.24) is 9.97 Å². The molecule has 0 saturated heterocycles. The highest BCUT2D eigenvalue weighted by Crippen LogP contribution is 2.29. The van der Waals surface area contributed by atoms with Crippen LogP contribution in [0.2, 0.25) is 0 Å². The third-order valence-corrected chi connectivity index (χ3v) is 4.96. The van der Waals surface area contributed by atoms with Crippen LogP contribution in [0.1, 0.15) is 16.2 Å².